The summed E-state index contributed by atoms with van der Waals surface area (Å²) in [4.78, 5) is 16.4. The van der Waals surface area contributed by atoms with Crippen LogP contribution in [0.15, 0.2) is 35.7 Å². The summed E-state index contributed by atoms with van der Waals surface area (Å²) in [5, 5.41) is 15.3. The first-order valence-corrected chi connectivity index (χ1v) is 7.73. The van der Waals surface area contributed by atoms with Crippen molar-refractivity contribution in [2.24, 2.45) is 0 Å². The first-order valence-electron chi connectivity index (χ1n) is 6.85. The molecule has 0 fully saturated rings. The number of benzene rings is 1. The van der Waals surface area contributed by atoms with Gasteiger partial charge in [0, 0.05) is 10.8 Å². The maximum atomic E-state index is 12.0. The molecule has 2 N–H and O–H groups in total. The van der Waals surface area contributed by atoms with Gasteiger partial charge in [-0.2, -0.15) is 0 Å². The summed E-state index contributed by atoms with van der Waals surface area (Å²) in [5.41, 5.74) is 1.65. The van der Waals surface area contributed by atoms with E-state index in [-0.39, 0.29) is 17.7 Å². The molecule has 2 aromatic rings. The van der Waals surface area contributed by atoms with Crippen molar-refractivity contribution in [3.8, 4) is 0 Å². The van der Waals surface area contributed by atoms with Crippen LogP contribution in [0.25, 0.3) is 0 Å². The van der Waals surface area contributed by atoms with Crippen LogP contribution in [0.4, 0.5) is 5.13 Å². The summed E-state index contributed by atoms with van der Waals surface area (Å²) >= 11 is 1.40. The van der Waals surface area contributed by atoms with Gasteiger partial charge in [0.25, 0.3) is 0 Å². The number of aliphatic hydroxyl groups excluding tert-OH is 1. The van der Waals surface area contributed by atoms with Crippen molar-refractivity contribution in [2.75, 3.05) is 5.32 Å². The van der Waals surface area contributed by atoms with E-state index in [1.165, 1.54) is 11.3 Å². The molecule has 0 aliphatic carbocycles. The smallest absolute Gasteiger partial charge is 0.229 e. The van der Waals surface area contributed by atoms with Gasteiger partial charge in [-0.05, 0) is 5.56 Å². The van der Waals surface area contributed by atoms with Gasteiger partial charge in [0.2, 0.25) is 5.91 Å². The van der Waals surface area contributed by atoms with Crippen LogP contribution in [0.1, 0.15) is 44.6 Å². The highest BCUT2D eigenvalue weighted by molar-refractivity contribution is 7.13. The fourth-order valence-electron chi connectivity index (χ4n) is 1.81. The zero-order valence-corrected chi connectivity index (χ0v) is 13.3. The Balaban J connectivity index is 1.94. The molecule has 2 rings (SSSR count). The highest BCUT2D eigenvalue weighted by atomic mass is 32.1. The summed E-state index contributed by atoms with van der Waals surface area (Å²) in [5.74, 6) is -0.235. The van der Waals surface area contributed by atoms with E-state index in [0.29, 0.717) is 5.13 Å². The molecule has 1 heterocycles. The average molecular weight is 304 g/mol. The predicted molar refractivity (Wildman–Crippen MR) is 85.5 cm³/mol. The Hall–Kier alpha value is -1.72. The lowest BCUT2D eigenvalue weighted by molar-refractivity contribution is -0.118. The molecule has 21 heavy (non-hydrogen) atoms. The minimum atomic E-state index is -0.798. The van der Waals surface area contributed by atoms with Crippen LogP contribution < -0.4 is 5.32 Å². The number of carbonyl (C=O) groups is 1. The van der Waals surface area contributed by atoms with Crippen molar-refractivity contribution >= 4 is 22.4 Å². The number of thiazole rings is 1. The van der Waals surface area contributed by atoms with Gasteiger partial charge in [0.1, 0.15) is 0 Å². The summed E-state index contributed by atoms with van der Waals surface area (Å²) < 4.78 is 0. The number of nitrogens with one attached hydrogen (secondary N) is 1. The van der Waals surface area contributed by atoms with Crippen LogP contribution >= 0.6 is 11.3 Å². The van der Waals surface area contributed by atoms with Crippen LogP contribution in [0, 0.1) is 0 Å². The fourth-order valence-corrected chi connectivity index (χ4v) is 2.77. The largest absolute Gasteiger partial charge is 0.388 e. The van der Waals surface area contributed by atoms with Crippen molar-refractivity contribution in [3.63, 3.8) is 0 Å². The Labute approximate surface area is 128 Å². The second-order valence-corrected chi connectivity index (χ2v) is 6.82. The molecule has 1 aromatic carbocycles. The Morgan fingerprint density at radius 2 is 2.00 bits per heavy atom. The maximum Gasteiger partial charge on any atom is 0.229 e. The number of rotatable bonds is 4. The zero-order chi connectivity index (χ0) is 15.5. The number of aliphatic hydroxyl groups is 1. The molecule has 0 saturated heterocycles. The standard InChI is InChI=1S/C16H20N2O2S/c1-16(2,3)13-10-21-15(17-13)18-14(20)9-12(19)11-7-5-4-6-8-11/h4-8,10,12,19H,9H2,1-3H3,(H,17,18,20). The molecule has 0 radical (unpaired) electrons. The lowest BCUT2D eigenvalue weighted by Gasteiger charge is -2.14. The Morgan fingerprint density at radius 1 is 1.33 bits per heavy atom. The maximum absolute atomic E-state index is 12.0. The molecule has 4 nitrogen and oxygen atoms in total. The molecule has 0 bridgehead atoms. The van der Waals surface area contributed by atoms with Crippen LogP contribution in [0.5, 0.6) is 0 Å². The summed E-state index contributed by atoms with van der Waals surface area (Å²) in [6, 6.07) is 9.16. The summed E-state index contributed by atoms with van der Waals surface area (Å²) in [7, 11) is 0. The molecular formula is C16H20N2O2S. The van der Waals surface area contributed by atoms with Gasteiger partial charge in [-0.15, -0.1) is 11.3 Å². The lowest BCUT2D eigenvalue weighted by Crippen LogP contribution is -2.16. The van der Waals surface area contributed by atoms with Crippen molar-refractivity contribution in [1.82, 2.24) is 4.98 Å². The molecule has 0 aliphatic heterocycles. The van der Waals surface area contributed by atoms with Gasteiger partial charge in [-0.25, -0.2) is 4.98 Å². The molecule has 1 unspecified atom stereocenters. The number of anilines is 1. The van der Waals surface area contributed by atoms with E-state index < -0.39 is 6.10 Å². The van der Waals surface area contributed by atoms with Crippen LogP contribution in [-0.4, -0.2) is 16.0 Å². The van der Waals surface area contributed by atoms with E-state index in [2.05, 4.69) is 31.1 Å². The number of hydrogen-bond acceptors (Lipinski definition) is 4. The van der Waals surface area contributed by atoms with E-state index in [0.717, 1.165) is 11.3 Å². The molecule has 0 spiro atoms. The quantitative estimate of drug-likeness (QED) is 0.908. The lowest BCUT2D eigenvalue weighted by atomic mass is 9.93. The van der Waals surface area contributed by atoms with Gasteiger partial charge in [-0.3, -0.25) is 4.79 Å². The van der Waals surface area contributed by atoms with Crippen molar-refractivity contribution in [2.45, 2.75) is 38.7 Å². The van der Waals surface area contributed by atoms with Gasteiger partial charge < -0.3 is 10.4 Å². The summed E-state index contributed by atoms with van der Waals surface area (Å²) in [6.07, 6.45) is -0.776. The molecule has 1 atom stereocenters. The average Bonchev–Trinajstić information content (AvgIpc) is 2.88. The molecule has 0 saturated carbocycles. The second-order valence-electron chi connectivity index (χ2n) is 5.97. The minimum Gasteiger partial charge on any atom is -0.388 e. The molecule has 0 aliphatic rings. The van der Waals surface area contributed by atoms with Crippen LogP contribution in [0.2, 0.25) is 0 Å². The molecule has 112 valence electrons. The third kappa shape index (κ3) is 4.37. The zero-order valence-electron chi connectivity index (χ0n) is 12.5. The highest BCUT2D eigenvalue weighted by Gasteiger charge is 2.19. The Kier molecular flexibility index (Phi) is 4.75. The fraction of sp³-hybridized carbons (Fsp3) is 0.375. The topological polar surface area (TPSA) is 62.2 Å². The normalized spacial score (nSPS) is 13.0. The molecule has 1 aromatic heterocycles. The molecular weight excluding hydrogens is 284 g/mol. The van der Waals surface area contributed by atoms with Crippen molar-refractivity contribution < 1.29 is 9.90 Å². The third-order valence-corrected chi connectivity index (χ3v) is 3.84. The summed E-state index contributed by atoms with van der Waals surface area (Å²) in [6.45, 7) is 6.23. The van der Waals surface area contributed by atoms with Crippen LogP contribution in [-0.2, 0) is 10.2 Å². The first-order chi connectivity index (χ1) is 9.86. The van der Waals surface area contributed by atoms with Gasteiger partial charge >= 0.3 is 0 Å². The number of nitrogens with zero attached hydrogens (tertiary/aromatic N) is 1. The Bertz CT molecular complexity index is 602. The van der Waals surface area contributed by atoms with E-state index in [1.807, 2.05) is 23.6 Å². The monoisotopic (exact) mass is 304 g/mol. The van der Waals surface area contributed by atoms with E-state index in [9.17, 15) is 9.90 Å². The van der Waals surface area contributed by atoms with Gasteiger partial charge in [-0.1, -0.05) is 51.1 Å². The highest BCUT2D eigenvalue weighted by Crippen LogP contribution is 2.26. The van der Waals surface area contributed by atoms with E-state index in [1.54, 1.807) is 12.1 Å². The van der Waals surface area contributed by atoms with Gasteiger partial charge in [0.05, 0.1) is 18.2 Å². The number of hydrogen-bond donors (Lipinski definition) is 2. The van der Waals surface area contributed by atoms with Crippen LogP contribution in [0.3, 0.4) is 0 Å². The molecule has 1 amide bonds. The van der Waals surface area contributed by atoms with E-state index in [4.69, 9.17) is 0 Å². The first kappa shape index (κ1) is 15.7. The Morgan fingerprint density at radius 3 is 2.57 bits per heavy atom. The van der Waals surface area contributed by atoms with Gasteiger partial charge in [0.15, 0.2) is 5.13 Å². The molecule has 5 heteroatoms. The second kappa shape index (κ2) is 6.37. The van der Waals surface area contributed by atoms with Crippen molar-refractivity contribution in [3.05, 3.63) is 47.0 Å². The third-order valence-electron chi connectivity index (χ3n) is 3.08. The van der Waals surface area contributed by atoms with Crippen molar-refractivity contribution in [1.29, 1.82) is 0 Å². The van der Waals surface area contributed by atoms with E-state index >= 15 is 0 Å². The minimum absolute atomic E-state index is 0.0223. The predicted octanol–water partition coefficient (Wildman–Crippen LogP) is 3.50. The number of carbonyl (C=O) groups excluding carboxylic acids is 1. The SMILES string of the molecule is CC(C)(C)c1csc(NC(=O)CC(O)c2ccccc2)n1. The number of amides is 1. The number of aromatic nitrogens is 1.